The van der Waals surface area contributed by atoms with Crippen LogP contribution < -0.4 is 5.32 Å². The van der Waals surface area contributed by atoms with Crippen LogP contribution in [0.2, 0.25) is 0 Å². The molecule has 1 aliphatic heterocycles. The molecule has 7 nitrogen and oxygen atoms in total. The van der Waals surface area contributed by atoms with E-state index in [9.17, 15) is 10.1 Å². The van der Waals surface area contributed by atoms with Crippen LogP contribution in [0.3, 0.4) is 0 Å². The number of rotatable bonds is 4. The Bertz CT molecular complexity index is 644. The van der Waals surface area contributed by atoms with E-state index in [1.807, 2.05) is 0 Å². The van der Waals surface area contributed by atoms with E-state index in [1.54, 1.807) is 12.1 Å². The van der Waals surface area contributed by atoms with Gasteiger partial charge in [-0.3, -0.25) is 10.1 Å². The fourth-order valence-electron chi connectivity index (χ4n) is 2.71. The molecule has 1 aromatic heterocycles. The van der Waals surface area contributed by atoms with Gasteiger partial charge < -0.3 is 9.84 Å². The number of nitrogens with one attached hydrogen (secondary N) is 1. The molecular weight excluding hydrogens is 272 g/mol. The molecule has 2 heterocycles. The number of non-ortho nitro benzene ring substituents is 1. The maximum atomic E-state index is 10.7. The molecular formula is C14H16N4O3. The van der Waals surface area contributed by atoms with Crippen LogP contribution in [0.25, 0.3) is 11.4 Å². The van der Waals surface area contributed by atoms with Gasteiger partial charge in [0.25, 0.3) is 5.69 Å². The van der Waals surface area contributed by atoms with Gasteiger partial charge >= 0.3 is 0 Å². The summed E-state index contributed by atoms with van der Waals surface area (Å²) in [5.41, 5.74) is 0.524. The highest BCUT2D eigenvalue weighted by atomic mass is 16.6. The molecule has 1 atom stereocenters. The van der Waals surface area contributed by atoms with Crippen molar-refractivity contribution >= 4 is 5.69 Å². The van der Waals surface area contributed by atoms with E-state index in [2.05, 4.69) is 22.4 Å². The van der Waals surface area contributed by atoms with Crippen LogP contribution in [-0.2, 0) is 5.54 Å². The van der Waals surface area contributed by atoms with E-state index >= 15 is 0 Å². The molecule has 2 aromatic rings. The number of benzene rings is 1. The molecule has 7 heteroatoms. The maximum absolute atomic E-state index is 10.7. The molecule has 0 bridgehead atoms. The monoisotopic (exact) mass is 288 g/mol. The average molecular weight is 288 g/mol. The highest BCUT2D eigenvalue weighted by molar-refractivity contribution is 5.56. The van der Waals surface area contributed by atoms with Gasteiger partial charge in [0.1, 0.15) is 0 Å². The highest BCUT2D eigenvalue weighted by Gasteiger charge is 2.38. The van der Waals surface area contributed by atoms with E-state index in [-0.39, 0.29) is 11.2 Å². The zero-order valence-corrected chi connectivity index (χ0v) is 11.7. The van der Waals surface area contributed by atoms with Crippen molar-refractivity contribution in [3.63, 3.8) is 0 Å². The van der Waals surface area contributed by atoms with Crippen LogP contribution in [0.4, 0.5) is 5.69 Å². The van der Waals surface area contributed by atoms with Crippen molar-refractivity contribution in [1.29, 1.82) is 0 Å². The molecule has 0 radical (unpaired) electrons. The normalized spacial score (nSPS) is 21.6. The number of nitro groups is 1. The SMILES string of the molecule is CCC1(c2nc(-c3ccc([N+](=O)[O-])cc3)no2)CCCN1. The summed E-state index contributed by atoms with van der Waals surface area (Å²) in [7, 11) is 0. The molecule has 0 spiro atoms. The Morgan fingerprint density at radius 2 is 2.19 bits per heavy atom. The Morgan fingerprint density at radius 1 is 1.43 bits per heavy atom. The smallest absolute Gasteiger partial charge is 0.269 e. The first-order valence-corrected chi connectivity index (χ1v) is 6.99. The number of hydrogen-bond acceptors (Lipinski definition) is 6. The van der Waals surface area contributed by atoms with Gasteiger partial charge in [-0.15, -0.1) is 0 Å². The second-order valence-corrected chi connectivity index (χ2v) is 5.19. The summed E-state index contributed by atoms with van der Waals surface area (Å²) in [6.45, 7) is 3.04. The van der Waals surface area contributed by atoms with Crippen LogP contribution in [0, 0.1) is 10.1 Å². The number of hydrogen-bond donors (Lipinski definition) is 1. The van der Waals surface area contributed by atoms with Crippen LogP contribution in [-0.4, -0.2) is 21.6 Å². The number of nitro benzene ring substituents is 1. The summed E-state index contributed by atoms with van der Waals surface area (Å²) in [4.78, 5) is 14.7. The van der Waals surface area contributed by atoms with Gasteiger partial charge in [-0.2, -0.15) is 4.98 Å². The zero-order chi connectivity index (χ0) is 14.9. The van der Waals surface area contributed by atoms with Crippen LogP contribution >= 0.6 is 0 Å². The van der Waals surface area contributed by atoms with Crippen LogP contribution in [0.5, 0.6) is 0 Å². The van der Waals surface area contributed by atoms with Crippen molar-refractivity contribution in [2.75, 3.05) is 6.54 Å². The molecule has 3 rings (SSSR count). The Labute approximate surface area is 121 Å². The fraction of sp³-hybridized carbons (Fsp3) is 0.429. The van der Waals surface area contributed by atoms with Crippen molar-refractivity contribution in [2.24, 2.45) is 0 Å². The highest BCUT2D eigenvalue weighted by Crippen LogP contribution is 2.34. The summed E-state index contributed by atoms with van der Waals surface area (Å²) < 4.78 is 5.42. The number of aromatic nitrogens is 2. The summed E-state index contributed by atoms with van der Waals surface area (Å²) in [6, 6.07) is 6.14. The van der Waals surface area contributed by atoms with Gasteiger partial charge in [0.2, 0.25) is 11.7 Å². The Kier molecular flexibility index (Phi) is 3.42. The molecule has 110 valence electrons. The predicted molar refractivity (Wildman–Crippen MR) is 75.6 cm³/mol. The molecule has 1 aromatic carbocycles. The van der Waals surface area contributed by atoms with Gasteiger partial charge in [-0.1, -0.05) is 12.1 Å². The van der Waals surface area contributed by atoms with Gasteiger partial charge in [0, 0.05) is 17.7 Å². The van der Waals surface area contributed by atoms with E-state index in [0.717, 1.165) is 25.8 Å². The zero-order valence-electron chi connectivity index (χ0n) is 11.7. The molecule has 1 fully saturated rings. The second kappa shape index (κ2) is 5.25. The van der Waals surface area contributed by atoms with Gasteiger partial charge in [0.05, 0.1) is 10.5 Å². The molecule has 0 aliphatic carbocycles. The van der Waals surface area contributed by atoms with Gasteiger partial charge in [-0.05, 0) is 37.9 Å². The lowest BCUT2D eigenvalue weighted by molar-refractivity contribution is -0.384. The summed E-state index contributed by atoms with van der Waals surface area (Å²) in [6.07, 6.45) is 2.95. The van der Waals surface area contributed by atoms with E-state index < -0.39 is 4.92 Å². The molecule has 0 saturated carbocycles. The largest absolute Gasteiger partial charge is 0.337 e. The van der Waals surface area contributed by atoms with Crippen molar-refractivity contribution in [1.82, 2.24) is 15.5 Å². The Balaban J connectivity index is 1.89. The topological polar surface area (TPSA) is 94.1 Å². The van der Waals surface area contributed by atoms with E-state index in [0.29, 0.717) is 17.3 Å². The van der Waals surface area contributed by atoms with Crippen LogP contribution in [0.15, 0.2) is 28.8 Å². The quantitative estimate of drug-likeness (QED) is 0.686. The maximum Gasteiger partial charge on any atom is 0.269 e. The molecule has 1 aliphatic rings. The van der Waals surface area contributed by atoms with Crippen molar-refractivity contribution in [2.45, 2.75) is 31.7 Å². The average Bonchev–Trinajstić information content (AvgIpc) is 3.17. The standard InChI is InChI=1S/C14H16N4O3/c1-2-14(8-3-9-15-14)13-16-12(17-21-13)10-4-6-11(7-5-10)18(19)20/h4-7,15H,2-3,8-9H2,1H3. The fourth-order valence-corrected chi connectivity index (χ4v) is 2.71. The summed E-state index contributed by atoms with van der Waals surface area (Å²) >= 11 is 0. The van der Waals surface area contributed by atoms with Crippen molar-refractivity contribution in [3.8, 4) is 11.4 Å². The Morgan fingerprint density at radius 3 is 2.76 bits per heavy atom. The van der Waals surface area contributed by atoms with Gasteiger partial charge in [-0.25, -0.2) is 0 Å². The molecule has 0 amide bonds. The molecule has 1 saturated heterocycles. The van der Waals surface area contributed by atoms with Gasteiger partial charge in [0.15, 0.2) is 0 Å². The third-order valence-corrected chi connectivity index (χ3v) is 4.02. The molecule has 21 heavy (non-hydrogen) atoms. The third kappa shape index (κ3) is 2.40. The molecule has 1 N–H and O–H groups in total. The summed E-state index contributed by atoms with van der Waals surface area (Å²) in [5, 5.41) is 18.1. The minimum absolute atomic E-state index is 0.0463. The third-order valence-electron chi connectivity index (χ3n) is 4.02. The van der Waals surface area contributed by atoms with Crippen molar-refractivity contribution in [3.05, 3.63) is 40.3 Å². The van der Waals surface area contributed by atoms with E-state index in [4.69, 9.17) is 4.52 Å². The van der Waals surface area contributed by atoms with E-state index in [1.165, 1.54) is 12.1 Å². The lowest BCUT2D eigenvalue weighted by Crippen LogP contribution is -2.36. The second-order valence-electron chi connectivity index (χ2n) is 5.19. The predicted octanol–water partition coefficient (Wildman–Crippen LogP) is 2.63. The minimum Gasteiger partial charge on any atom is -0.337 e. The van der Waals surface area contributed by atoms with Crippen molar-refractivity contribution < 1.29 is 9.45 Å². The van der Waals surface area contributed by atoms with Crippen LogP contribution in [0.1, 0.15) is 32.1 Å². The lowest BCUT2D eigenvalue weighted by atomic mass is 9.94. The minimum atomic E-state index is -0.431. The molecule has 1 unspecified atom stereocenters. The first-order chi connectivity index (χ1) is 10.1. The summed E-state index contributed by atoms with van der Waals surface area (Å²) in [5.74, 6) is 1.05. The lowest BCUT2D eigenvalue weighted by Gasteiger charge is -2.22. The number of nitrogens with zero attached hydrogens (tertiary/aromatic N) is 3. The first-order valence-electron chi connectivity index (χ1n) is 6.99. The first kappa shape index (κ1) is 13.7. The Hall–Kier alpha value is -2.28.